The van der Waals surface area contributed by atoms with Crippen LogP contribution >= 0.6 is 11.8 Å². The minimum absolute atomic E-state index is 0.0232. The lowest BCUT2D eigenvalue weighted by Gasteiger charge is -2.17. The number of para-hydroxylation sites is 1. The number of amides is 1. The van der Waals surface area contributed by atoms with Gasteiger partial charge in [-0.05, 0) is 42.7 Å². The molecule has 0 bridgehead atoms. The van der Waals surface area contributed by atoms with Gasteiger partial charge in [-0.15, -0.1) is 10.2 Å². The largest absolute Gasteiger partial charge is 0.491 e. The molecule has 1 amide bonds. The predicted molar refractivity (Wildman–Crippen MR) is 110 cm³/mol. The fraction of sp³-hybridized carbons (Fsp3) is 0.350. The average molecular weight is 401 g/mol. The Morgan fingerprint density at radius 3 is 2.79 bits per heavy atom. The Morgan fingerprint density at radius 2 is 1.96 bits per heavy atom. The topological polar surface area (TPSA) is 77.8 Å². The number of benzene rings is 1. The van der Waals surface area contributed by atoms with Gasteiger partial charge in [-0.25, -0.2) is 0 Å². The molecule has 3 rings (SSSR count). The van der Waals surface area contributed by atoms with Crippen LogP contribution in [0, 0.1) is 0 Å². The second-order valence-corrected chi connectivity index (χ2v) is 7.09. The summed E-state index contributed by atoms with van der Waals surface area (Å²) in [5.74, 6) is 2.23. The highest BCUT2D eigenvalue weighted by Crippen LogP contribution is 2.18. The van der Waals surface area contributed by atoms with Gasteiger partial charge in [-0.1, -0.05) is 24.3 Å². The van der Waals surface area contributed by atoms with Crippen LogP contribution in [0.15, 0.2) is 54.7 Å². The lowest BCUT2D eigenvalue weighted by atomic mass is 10.2. The van der Waals surface area contributed by atoms with E-state index in [1.54, 1.807) is 11.8 Å². The monoisotopic (exact) mass is 400 g/mol. The van der Waals surface area contributed by atoms with Crippen molar-refractivity contribution in [2.45, 2.75) is 12.5 Å². The molecule has 1 atom stereocenters. The molecule has 148 valence electrons. The minimum atomic E-state index is -0.221. The van der Waals surface area contributed by atoms with E-state index in [9.17, 15) is 4.79 Å². The highest BCUT2D eigenvalue weighted by Gasteiger charge is 2.20. The van der Waals surface area contributed by atoms with Crippen LogP contribution in [0.5, 0.6) is 5.75 Å². The first-order valence-corrected chi connectivity index (χ1v) is 10.5. The maximum absolute atomic E-state index is 12.3. The van der Waals surface area contributed by atoms with Crippen LogP contribution < -0.4 is 10.1 Å². The van der Waals surface area contributed by atoms with Crippen LogP contribution in [0.4, 0.5) is 0 Å². The number of pyridine rings is 1. The zero-order valence-corrected chi connectivity index (χ0v) is 16.6. The summed E-state index contributed by atoms with van der Waals surface area (Å²) < 4.78 is 12.9. The Hall–Kier alpha value is -2.58. The molecule has 28 heavy (non-hydrogen) atoms. The third-order valence-electron chi connectivity index (χ3n) is 4.07. The maximum atomic E-state index is 12.3. The second-order valence-electron chi connectivity index (χ2n) is 6.10. The Morgan fingerprint density at radius 1 is 1.14 bits per heavy atom. The summed E-state index contributed by atoms with van der Waals surface area (Å²) in [5.41, 5.74) is 0.759. The molecule has 2 heterocycles. The zero-order valence-electron chi connectivity index (χ0n) is 15.8. The molecular weight excluding hydrogens is 376 g/mol. The summed E-state index contributed by atoms with van der Waals surface area (Å²) in [6, 6.07) is 15.0. The zero-order chi connectivity index (χ0) is 19.6. The fourth-order valence-corrected chi connectivity index (χ4v) is 3.21. The van der Waals surface area contributed by atoms with Gasteiger partial charge in [-0.3, -0.25) is 9.20 Å². The SMILES string of the molecule is CSCCC(NC(=O)COCCOc1ccccc1)c1nnc2ccccn12. The predicted octanol–water partition coefficient (Wildman–Crippen LogP) is 2.74. The van der Waals surface area contributed by atoms with Crippen molar-refractivity contribution in [3.8, 4) is 5.75 Å². The number of thioether (sulfide) groups is 1. The van der Waals surface area contributed by atoms with E-state index in [4.69, 9.17) is 9.47 Å². The molecule has 7 nitrogen and oxygen atoms in total. The van der Waals surface area contributed by atoms with Gasteiger partial charge in [0.25, 0.3) is 0 Å². The highest BCUT2D eigenvalue weighted by atomic mass is 32.2. The Balaban J connectivity index is 1.49. The van der Waals surface area contributed by atoms with Crippen molar-refractivity contribution in [1.82, 2.24) is 19.9 Å². The third kappa shape index (κ3) is 5.71. The molecular formula is C20H24N4O3S. The molecule has 3 aromatic rings. The van der Waals surface area contributed by atoms with Gasteiger partial charge in [0.15, 0.2) is 11.5 Å². The lowest BCUT2D eigenvalue weighted by molar-refractivity contribution is -0.126. The number of carbonyl (C=O) groups is 1. The Labute approximate surface area is 168 Å². The second kappa shape index (κ2) is 10.7. The van der Waals surface area contributed by atoms with Crippen LogP contribution in [0.2, 0.25) is 0 Å². The molecule has 0 aliphatic rings. The number of nitrogens with zero attached hydrogens (tertiary/aromatic N) is 3. The number of hydrogen-bond donors (Lipinski definition) is 1. The maximum Gasteiger partial charge on any atom is 0.246 e. The van der Waals surface area contributed by atoms with Gasteiger partial charge in [0, 0.05) is 6.20 Å². The molecule has 8 heteroatoms. The van der Waals surface area contributed by atoms with Crippen LogP contribution in [0.3, 0.4) is 0 Å². The lowest BCUT2D eigenvalue weighted by Crippen LogP contribution is -2.33. The number of nitrogens with one attached hydrogen (secondary N) is 1. The summed E-state index contributed by atoms with van der Waals surface area (Å²) >= 11 is 1.73. The first-order chi connectivity index (χ1) is 13.8. The van der Waals surface area contributed by atoms with Crippen LogP contribution in [0.1, 0.15) is 18.3 Å². The van der Waals surface area contributed by atoms with Crippen molar-refractivity contribution >= 4 is 23.3 Å². The van der Waals surface area contributed by atoms with Crippen molar-refractivity contribution in [3.05, 3.63) is 60.6 Å². The van der Waals surface area contributed by atoms with Gasteiger partial charge in [-0.2, -0.15) is 11.8 Å². The van der Waals surface area contributed by atoms with Crippen molar-refractivity contribution < 1.29 is 14.3 Å². The average Bonchev–Trinajstić information content (AvgIpc) is 3.16. The van der Waals surface area contributed by atoms with E-state index in [1.807, 2.05) is 65.4 Å². The summed E-state index contributed by atoms with van der Waals surface area (Å²) in [7, 11) is 0. The Kier molecular flexibility index (Phi) is 7.69. The van der Waals surface area contributed by atoms with Crippen molar-refractivity contribution in [3.63, 3.8) is 0 Å². The number of fused-ring (bicyclic) bond motifs is 1. The Bertz CT molecular complexity index is 872. The molecule has 0 spiro atoms. The van der Waals surface area contributed by atoms with Gasteiger partial charge in [0.2, 0.25) is 5.91 Å². The molecule has 0 saturated heterocycles. The summed E-state index contributed by atoms with van der Waals surface area (Å²) in [6.45, 7) is 0.707. The first kappa shape index (κ1) is 20.2. The smallest absolute Gasteiger partial charge is 0.246 e. The number of carbonyl (C=O) groups excluding carboxylic acids is 1. The van der Waals surface area contributed by atoms with Crippen LogP contribution in [-0.2, 0) is 9.53 Å². The quantitative estimate of drug-likeness (QED) is 0.499. The molecule has 0 radical (unpaired) electrons. The van der Waals surface area contributed by atoms with Crippen LogP contribution in [0.25, 0.3) is 5.65 Å². The molecule has 1 unspecified atom stereocenters. The van der Waals surface area contributed by atoms with E-state index in [1.165, 1.54) is 0 Å². The van der Waals surface area contributed by atoms with E-state index in [-0.39, 0.29) is 18.6 Å². The molecule has 0 saturated carbocycles. The number of rotatable bonds is 11. The number of hydrogen-bond acceptors (Lipinski definition) is 6. The van der Waals surface area contributed by atoms with Crippen LogP contribution in [-0.4, -0.2) is 52.3 Å². The van der Waals surface area contributed by atoms with E-state index in [0.717, 1.165) is 29.4 Å². The van der Waals surface area contributed by atoms with Gasteiger partial charge >= 0.3 is 0 Å². The summed E-state index contributed by atoms with van der Waals surface area (Å²) in [6.07, 6.45) is 4.71. The van der Waals surface area contributed by atoms with E-state index in [2.05, 4.69) is 15.5 Å². The molecule has 0 aliphatic heterocycles. The number of aromatic nitrogens is 3. The molecule has 1 aromatic carbocycles. The summed E-state index contributed by atoms with van der Waals surface area (Å²) in [4.78, 5) is 12.3. The highest BCUT2D eigenvalue weighted by molar-refractivity contribution is 7.98. The van der Waals surface area contributed by atoms with Gasteiger partial charge in [0.1, 0.15) is 19.0 Å². The standard InChI is InChI=1S/C20H24N4O3S/c1-28-14-10-17(20-23-22-18-9-5-6-11-24(18)20)21-19(25)15-26-12-13-27-16-7-3-2-4-8-16/h2-9,11,17H,10,12-15H2,1H3,(H,21,25). The molecule has 0 fully saturated rings. The molecule has 2 aromatic heterocycles. The summed E-state index contributed by atoms with van der Waals surface area (Å²) in [5, 5.41) is 11.5. The van der Waals surface area contributed by atoms with E-state index < -0.39 is 0 Å². The first-order valence-electron chi connectivity index (χ1n) is 9.11. The normalized spacial score (nSPS) is 12.0. The van der Waals surface area contributed by atoms with Crippen molar-refractivity contribution in [2.24, 2.45) is 0 Å². The molecule has 0 aliphatic carbocycles. The third-order valence-corrected chi connectivity index (χ3v) is 4.71. The van der Waals surface area contributed by atoms with E-state index in [0.29, 0.717) is 13.2 Å². The van der Waals surface area contributed by atoms with Crippen molar-refractivity contribution in [2.75, 3.05) is 31.8 Å². The van der Waals surface area contributed by atoms with E-state index >= 15 is 0 Å². The minimum Gasteiger partial charge on any atom is -0.491 e. The van der Waals surface area contributed by atoms with Crippen molar-refractivity contribution in [1.29, 1.82) is 0 Å². The fourth-order valence-electron chi connectivity index (χ4n) is 2.74. The van der Waals surface area contributed by atoms with Gasteiger partial charge in [0.05, 0.1) is 12.6 Å². The number of ether oxygens (including phenoxy) is 2. The molecule has 1 N–H and O–H groups in total. The van der Waals surface area contributed by atoms with Gasteiger partial charge < -0.3 is 14.8 Å².